The summed E-state index contributed by atoms with van der Waals surface area (Å²) in [6.45, 7) is 2.36. The summed E-state index contributed by atoms with van der Waals surface area (Å²) >= 11 is 5.17. The van der Waals surface area contributed by atoms with Crippen LogP contribution >= 0.6 is 27.3 Å². The quantitative estimate of drug-likeness (QED) is 0.871. The second kappa shape index (κ2) is 6.60. The summed E-state index contributed by atoms with van der Waals surface area (Å²) in [6.07, 6.45) is 0.122. The number of rotatable bonds is 6. The van der Waals surface area contributed by atoms with E-state index in [4.69, 9.17) is 10.5 Å². The van der Waals surface area contributed by atoms with Crippen molar-refractivity contribution in [3.63, 3.8) is 0 Å². The van der Waals surface area contributed by atoms with E-state index in [1.54, 1.807) is 18.4 Å². The van der Waals surface area contributed by atoms with Crippen molar-refractivity contribution >= 4 is 27.3 Å². The molecule has 1 unspecified atom stereocenters. The van der Waals surface area contributed by atoms with Gasteiger partial charge in [-0.15, -0.1) is 11.3 Å². The third-order valence-electron chi connectivity index (χ3n) is 2.19. The Morgan fingerprint density at radius 3 is 2.87 bits per heavy atom. The van der Waals surface area contributed by atoms with Crippen LogP contribution in [0.15, 0.2) is 15.2 Å². The summed E-state index contributed by atoms with van der Waals surface area (Å²) in [6, 6.07) is 2.14. The Hall–Kier alpha value is 0.0600. The minimum absolute atomic E-state index is 0.122. The molecule has 0 aliphatic rings. The lowest BCUT2D eigenvalue weighted by Gasteiger charge is -2.21. The molecule has 1 aromatic rings. The topological polar surface area (TPSA) is 38.5 Å². The van der Waals surface area contributed by atoms with Crippen molar-refractivity contribution in [2.45, 2.75) is 12.6 Å². The number of nitrogens with two attached hydrogens (primary N) is 1. The predicted octanol–water partition coefficient (Wildman–Crippen LogP) is 1.92. The Morgan fingerprint density at radius 2 is 2.40 bits per heavy atom. The van der Waals surface area contributed by atoms with Gasteiger partial charge < -0.3 is 10.5 Å². The van der Waals surface area contributed by atoms with E-state index in [-0.39, 0.29) is 6.10 Å². The molecule has 0 spiro atoms. The van der Waals surface area contributed by atoms with Gasteiger partial charge in [-0.1, -0.05) is 0 Å². The monoisotopic (exact) mass is 292 g/mol. The minimum Gasteiger partial charge on any atom is -0.379 e. The van der Waals surface area contributed by atoms with Crippen molar-refractivity contribution in [1.82, 2.24) is 4.90 Å². The van der Waals surface area contributed by atoms with E-state index in [2.05, 4.69) is 39.3 Å². The Morgan fingerprint density at radius 1 is 1.67 bits per heavy atom. The zero-order valence-corrected chi connectivity index (χ0v) is 11.5. The number of halogens is 1. The van der Waals surface area contributed by atoms with Crippen molar-refractivity contribution in [2.24, 2.45) is 5.73 Å². The van der Waals surface area contributed by atoms with Gasteiger partial charge in [0.05, 0.1) is 9.89 Å². The summed E-state index contributed by atoms with van der Waals surface area (Å²) in [4.78, 5) is 2.22. The van der Waals surface area contributed by atoms with Crippen LogP contribution in [0.5, 0.6) is 0 Å². The summed E-state index contributed by atoms with van der Waals surface area (Å²) < 4.78 is 6.41. The van der Waals surface area contributed by atoms with Crippen molar-refractivity contribution in [1.29, 1.82) is 0 Å². The molecule has 0 bridgehead atoms. The maximum absolute atomic E-state index is 5.57. The molecule has 0 amide bonds. The van der Waals surface area contributed by atoms with Crippen LogP contribution < -0.4 is 5.73 Å². The van der Waals surface area contributed by atoms with Gasteiger partial charge in [0.2, 0.25) is 0 Å². The number of hydrogen-bond donors (Lipinski definition) is 1. The molecule has 1 aromatic heterocycles. The van der Waals surface area contributed by atoms with Gasteiger partial charge >= 0.3 is 0 Å². The molecule has 1 rings (SSSR count). The Labute approximate surface area is 103 Å². The number of ether oxygens (including phenoxy) is 1. The highest BCUT2D eigenvalue weighted by molar-refractivity contribution is 9.11. The molecule has 0 saturated heterocycles. The molecule has 5 heteroatoms. The highest BCUT2D eigenvalue weighted by atomic mass is 79.9. The first-order chi connectivity index (χ1) is 7.15. The Bertz CT molecular complexity index is 289. The molecule has 0 aliphatic heterocycles. The SMILES string of the molecule is COC(CN)CN(C)Cc1csc(Br)c1. The molecule has 0 aromatic carbocycles. The predicted molar refractivity (Wildman–Crippen MR) is 68.2 cm³/mol. The molecule has 3 nitrogen and oxygen atoms in total. The van der Waals surface area contributed by atoms with Crippen LogP contribution in [-0.2, 0) is 11.3 Å². The summed E-state index contributed by atoms with van der Waals surface area (Å²) in [7, 11) is 3.78. The van der Waals surface area contributed by atoms with E-state index >= 15 is 0 Å². The second-order valence-electron chi connectivity index (χ2n) is 3.55. The van der Waals surface area contributed by atoms with Gasteiger partial charge in [-0.3, -0.25) is 4.90 Å². The fourth-order valence-corrected chi connectivity index (χ4v) is 2.60. The lowest BCUT2D eigenvalue weighted by atomic mass is 10.3. The number of thiophene rings is 1. The fourth-order valence-electron chi connectivity index (χ4n) is 1.40. The first-order valence-electron chi connectivity index (χ1n) is 4.80. The highest BCUT2D eigenvalue weighted by Gasteiger charge is 2.09. The average Bonchev–Trinajstić information content (AvgIpc) is 2.60. The van der Waals surface area contributed by atoms with E-state index in [1.807, 2.05) is 0 Å². The zero-order valence-electron chi connectivity index (χ0n) is 9.07. The van der Waals surface area contributed by atoms with Crippen LogP contribution in [0.1, 0.15) is 5.56 Å². The summed E-state index contributed by atoms with van der Waals surface area (Å²) in [5, 5.41) is 2.16. The average molecular weight is 293 g/mol. The van der Waals surface area contributed by atoms with E-state index < -0.39 is 0 Å². The Balaban J connectivity index is 2.38. The molecule has 2 N–H and O–H groups in total. The molecule has 1 heterocycles. The van der Waals surface area contributed by atoms with E-state index in [0.29, 0.717) is 6.54 Å². The maximum Gasteiger partial charge on any atom is 0.0820 e. The van der Waals surface area contributed by atoms with Crippen molar-refractivity contribution in [2.75, 3.05) is 27.2 Å². The Kier molecular flexibility index (Phi) is 5.78. The molecule has 0 fully saturated rings. The van der Waals surface area contributed by atoms with Gasteiger partial charge in [0, 0.05) is 26.7 Å². The van der Waals surface area contributed by atoms with Crippen LogP contribution in [0.4, 0.5) is 0 Å². The standard InChI is InChI=1S/C10H17BrN2OS/c1-13(6-9(4-12)14-2)5-8-3-10(11)15-7-8/h3,7,9H,4-6,12H2,1-2H3. The van der Waals surface area contributed by atoms with E-state index in [1.165, 1.54) is 9.35 Å². The molecule has 1 atom stereocenters. The third kappa shape index (κ3) is 4.61. The molecular formula is C10H17BrN2OS. The highest BCUT2D eigenvalue weighted by Crippen LogP contribution is 2.21. The van der Waals surface area contributed by atoms with Crippen LogP contribution in [0.3, 0.4) is 0 Å². The van der Waals surface area contributed by atoms with Gasteiger partial charge in [-0.25, -0.2) is 0 Å². The largest absolute Gasteiger partial charge is 0.379 e. The third-order valence-corrected chi connectivity index (χ3v) is 3.74. The number of methoxy groups -OCH3 is 1. The fraction of sp³-hybridized carbons (Fsp3) is 0.600. The minimum atomic E-state index is 0.122. The van der Waals surface area contributed by atoms with Gasteiger partial charge in [-0.2, -0.15) is 0 Å². The molecule has 15 heavy (non-hydrogen) atoms. The smallest absolute Gasteiger partial charge is 0.0820 e. The molecule has 0 radical (unpaired) electrons. The van der Waals surface area contributed by atoms with Crippen LogP contribution in [-0.4, -0.2) is 38.3 Å². The molecule has 0 aliphatic carbocycles. The van der Waals surface area contributed by atoms with Gasteiger partial charge in [-0.05, 0) is 40.0 Å². The lowest BCUT2D eigenvalue weighted by Crippen LogP contribution is -2.35. The lowest BCUT2D eigenvalue weighted by molar-refractivity contribution is 0.0762. The molecular weight excluding hydrogens is 276 g/mol. The number of nitrogens with zero attached hydrogens (tertiary/aromatic N) is 1. The maximum atomic E-state index is 5.57. The second-order valence-corrected chi connectivity index (χ2v) is 5.84. The van der Waals surface area contributed by atoms with E-state index in [9.17, 15) is 0 Å². The molecule has 86 valence electrons. The van der Waals surface area contributed by atoms with Gasteiger partial charge in [0.15, 0.2) is 0 Å². The zero-order chi connectivity index (χ0) is 11.3. The molecule has 0 saturated carbocycles. The normalized spacial score (nSPS) is 13.4. The number of hydrogen-bond acceptors (Lipinski definition) is 4. The van der Waals surface area contributed by atoms with Crippen LogP contribution in [0.2, 0.25) is 0 Å². The van der Waals surface area contributed by atoms with Crippen molar-refractivity contribution < 1.29 is 4.74 Å². The van der Waals surface area contributed by atoms with Crippen molar-refractivity contribution in [3.05, 3.63) is 20.8 Å². The first kappa shape index (κ1) is 13.1. The van der Waals surface area contributed by atoms with E-state index in [0.717, 1.165) is 13.1 Å². The summed E-state index contributed by atoms with van der Waals surface area (Å²) in [5.74, 6) is 0. The van der Waals surface area contributed by atoms with Crippen LogP contribution in [0, 0.1) is 0 Å². The number of likely N-dealkylation sites (N-methyl/N-ethyl adjacent to an activating group) is 1. The van der Waals surface area contributed by atoms with Crippen LogP contribution in [0.25, 0.3) is 0 Å². The van der Waals surface area contributed by atoms with Crippen molar-refractivity contribution in [3.8, 4) is 0 Å². The summed E-state index contributed by atoms with van der Waals surface area (Å²) in [5.41, 5.74) is 6.89. The first-order valence-corrected chi connectivity index (χ1v) is 6.47. The van der Waals surface area contributed by atoms with Gasteiger partial charge in [0.1, 0.15) is 0 Å². The van der Waals surface area contributed by atoms with Gasteiger partial charge in [0.25, 0.3) is 0 Å².